The highest BCUT2D eigenvalue weighted by Crippen LogP contribution is 2.48. The van der Waals surface area contributed by atoms with Gasteiger partial charge in [0, 0.05) is 10.7 Å². The van der Waals surface area contributed by atoms with E-state index in [1.54, 1.807) is 0 Å². The lowest BCUT2D eigenvalue weighted by Crippen LogP contribution is -2.44. The van der Waals surface area contributed by atoms with E-state index in [4.69, 9.17) is 10.7 Å². The predicted molar refractivity (Wildman–Crippen MR) is 86.7 cm³/mol. The summed E-state index contributed by atoms with van der Waals surface area (Å²) in [5.74, 6) is 0.0382. The molecule has 1 rings (SSSR count). The van der Waals surface area contributed by atoms with Crippen molar-refractivity contribution in [1.29, 1.82) is 0 Å². The highest BCUT2D eigenvalue weighted by atomic mass is 35.7. The minimum Gasteiger partial charge on any atom is -0.211 e. The molecule has 0 aliphatic carbocycles. The van der Waals surface area contributed by atoms with Crippen LogP contribution in [0.1, 0.15) is 58.6 Å². The summed E-state index contributed by atoms with van der Waals surface area (Å²) < 4.78 is 23.9. The highest BCUT2D eigenvalue weighted by molar-refractivity contribution is 8.14. The van der Waals surface area contributed by atoms with E-state index < -0.39 is 13.8 Å². The molecule has 0 amide bonds. The van der Waals surface area contributed by atoms with Crippen LogP contribution in [0.2, 0.25) is 0 Å². The van der Waals surface area contributed by atoms with Crippen molar-refractivity contribution in [2.45, 2.75) is 52.2 Å². The lowest BCUT2D eigenvalue weighted by atomic mass is 9.75. The summed E-state index contributed by atoms with van der Waals surface area (Å²) in [4.78, 5) is 0. The van der Waals surface area contributed by atoms with Crippen molar-refractivity contribution in [1.82, 2.24) is 0 Å². The molecular formula is C16H25ClO2S. The summed E-state index contributed by atoms with van der Waals surface area (Å²) in [5.41, 5.74) is 1.90. The third kappa shape index (κ3) is 2.75. The Morgan fingerprint density at radius 1 is 0.950 bits per heavy atom. The standard InChI is InChI=1S/C16H25ClO2S/c1-11(2)14-9-7-8-10-15(14)16(12(3)4,13(5)6)20(17,18)19/h7-13H,1-6H3. The van der Waals surface area contributed by atoms with Crippen LogP contribution in [-0.2, 0) is 13.8 Å². The van der Waals surface area contributed by atoms with Gasteiger partial charge in [0.25, 0.3) is 0 Å². The Morgan fingerprint density at radius 2 is 1.40 bits per heavy atom. The molecule has 0 heterocycles. The summed E-state index contributed by atoms with van der Waals surface area (Å²) in [6, 6.07) is 7.75. The minimum absolute atomic E-state index is 0.107. The van der Waals surface area contributed by atoms with Gasteiger partial charge in [0.05, 0.1) is 0 Å². The molecule has 2 nitrogen and oxygen atoms in total. The first-order valence-electron chi connectivity index (χ1n) is 7.10. The van der Waals surface area contributed by atoms with Crippen molar-refractivity contribution in [3.63, 3.8) is 0 Å². The number of halogens is 1. The topological polar surface area (TPSA) is 34.1 Å². The van der Waals surface area contributed by atoms with Crippen LogP contribution in [-0.4, -0.2) is 8.42 Å². The van der Waals surface area contributed by atoms with Gasteiger partial charge in [-0.25, -0.2) is 8.42 Å². The van der Waals surface area contributed by atoms with Crippen molar-refractivity contribution in [2.24, 2.45) is 11.8 Å². The van der Waals surface area contributed by atoms with E-state index in [1.165, 1.54) is 0 Å². The molecule has 0 unspecified atom stereocenters. The molecule has 0 fully saturated rings. The van der Waals surface area contributed by atoms with Crippen molar-refractivity contribution >= 4 is 19.7 Å². The van der Waals surface area contributed by atoms with Gasteiger partial charge < -0.3 is 0 Å². The fourth-order valence-corrected chi connectivity index (χ4v) is 6.23. The van der Waals surface area contributed by atoms with Crippen molar-refractivity contribution < 1.29 is 8.42 Å². The zero-order valence-electron chi connectivity index (χ0n) is 13.1. The summed E-state index contributed by atoms with van der Waals surface area (Å²) in [7, 11) is 2.17. The monoisotopic (exact) mass is 316 g/mol. The van der Waals surface area contributed by atoms with Crippen LogP contribution in [0, 0.1) is 11.8 Å². The maximum atomic E-state index is 12.5. The summed E-state index contributed by atoms with van der Waals surface area (Å²) >= 11 is 0. The first-order chi connectivity index (χ1) is 9.06. The second-order valence-corrected chi connectivity index (χ2v) is 9.05. The lowest BCUT2D eigenvalue weighted by Gasteiger charge is -2.40. The van der Waals surface area contributed by atoms with Gasteiger partial charge in [-0.05, 0) is 28.9 Å². The quantitative estimate of drug-likeness (QED) is 0.725. The molecule has 0 bridgehead atoms. The Hall–Kier alpha value is -0.540. The first-order valence-corrected chi connectivity index (χ1v) is 9.41. The van der Waals surface area contributed by atoms with Gasteiger partial charge >= 0.3 is 0 Å². The second kappa shape index (κ2) is 6.07. The normalized spacial score (nSPS) is 13.5. The Bertz CT molecular complexity index is 552. The molecule has 0 atom stereocenters. The number of rotatable bonds is 5. The van der Waals surface area contributed by atoms with Gasteiger partial charge in [-0.1, -0.05) is 65.8 Å². The molecule has 0 aliphatic rings. The molecule has 0 saturated carbocycles. The lowest BCUT2D eigenvalue weighted by molar-refractivity contribution is 0.320. The van der Waals surface area contributed by atoms with Gasteiger partial charge in [0.1, 0.15) is 4.75 Å². The zero-order chi connectivity index (χ0) is 15.7. The van der Waals surface area contributed by atoms with Gasteiger partial charge in [0.2, 0.25) is 9.05 Å². The van der Waals surface area contributed by atoms with E-state index in [0.29, 0.717) is 0 Å². The first kappa shape index (κ1) is 17.5. The largest absolute Gasteiger partial charge is 0.243 e. The van der Waals surface area contributed by atoms with Crippen molar-refractivity contribution in [2.75, 3.05) is 0 Å². The average Bonchev–Trinajstić information content (AvgIpc) is 2.26. The van der Waals surface area contributed by atoms with Crippen LogP contribution in [0.3, 0.4) is 0 Å². The summed E-state index contributed by atoms with van der Waals surface area (Å²) in [5, 5.41) is 0. The SMILES string of the molecule is CC(C)c1ccccc1C(C(C)C)(C(C)C)S(=O)(=O)Cl. The Labute approximate surface area is 128 Å². The van der Waals surface area contributed by atoms with Gasteiger partial charge in [-0.2, -0.15) is 0 Å². The molecule has 0 aliphatic heterocycles. The van der Waals surface area contributed by atoms with Crippen LogP contribution in [0.4, 0.5) is 0 Å². The Kier molecular flexibility index (Phi) is 5.31. The molecule has 1 aromatic carbocycles. The fourth-order valence-electron chi connectivity index (χ4n) is 3.34. The molecule has 20 heavy (non-hydrogen) atoms. The number of hydrogen-bond acceptors (Lipinski definition) is 2. The van der Waals surface area contributed by atoms with Crippen LogP contribution < -0.4 is 0 Å². The Morgan fingerprint density at radius 3 is 1.75 bits per heavy atom. The van der Waals surface area contributed by atoms with Gasteiger partial charge in [-0.3, -0.25) is 0 Å². The minimum atomic E-state index is -3.76. The molecule has 0 saturated heterocycles. The Balaban J connectivity index is 3.81. The third-order valence-electron chi connectivity index (χ3n) is 4.12. The second-order valence-electron chi connectivity index (χ2n) is 6.28. The van der Waals surface area contributed by atoms with Gasteiger partial charge in [0.15, 0.2) is 0 Å². The van der Waals surface area contributed by atoms with E-state index in [0.717, 1.165) is 11.1 Å². The molecule has 1 aromatic rings. The van der Waals surface area contributed by atoms with Crippen LogP contribution in [0.5, 0.6) is 0 Å². The van der Waals surface area contributed by atoms with E-state index in [1.807, 2.05) is 52.0 Å². The zero-order valence-corrected chi connectivity index (χ0v) is 14.7. The van der Waals surface area contributed by atoms with E-state index in [-0.39, 0.29) is 17.8 Å². The van der Waals surface area contributed by atoms with Crippen LogP contribution in [0.25, 0.3) is 0 Å². The van der Waals surface area contributed by atoms with Crippen molar-refractivity contribution in [3.8, 4) is 0 Å². The van der Waals surface area contributed by atoms with Crippen LogP contribution >= 0.6 is 10.7 Å². The molecule has 0 N–H and O–H groups in total. The fraction of sp³-hybridized carbons (Fsp3) is 0.625. The van der Waals surface area contributed by atoms with E-state index in [9.17, 15) is 8.42 Å². The highest BCUT2D eigenvalue weighted by Gasteiger charge is 2.50. The number of benzene rings is 1. The molecule has 0 spiro atoms. The predicted octanol–water partition coefficient (Wildman–Crippen LogP) is 4.89. The maximum absolute atomic E-state index is 12.5. The molecule has 0 aromatic heterocycles. The van der Waals surface area contributed by atoms with E-state index in [2.05, 4.69) is 13.8 Å². The molecule has 0 radical (unpaired) electrons. The van der Waals surface area contributed by atoms with E-state index >= 15 is 0 Å². The molecule has 4 heteroatoms. The van der Waals surface area contributed by atoms with Gasteiger partial charge in [-0.15, -0.1) is 0 Å². The summed E-state index contributed by atoms with van der Waals surface area (Å²) in [6.07, 6.45) is 0. The maximum Gasteiger partial charge on any atom is 0.243 e. The smallest absolute Gasteiger partial charge is 0.211 e. The third-order valence-corrected chi connectivity index (χ3v) is 6.86. The number of hydrogen-bond donors (Lipinski definition) is 0. The van der Waals surface area contributed by atoms with Crippen molar-refractivity contribution in [3.05, 3.63) is 35.4 Å². The molecule has 114 valence electrons. The molecular weight excluding hydrogens is 292 g/mol. The summed E-state index contributed by atoms with van der Waals surface area (Å²) in [6.45, 7) is 11.9. The average molecular weight is 317 g/mol. The van der Waals surface area contributed by atoms with Crippen LogP contribution in [0.15, 0.2) is 24.3 Å².